The first-order valence-corrected chi connectivity index (χ1v) is 9.15. The summed E-state index contributed by atoms with van der Waals surface area (Å²) in [5.41, 5.74) is 3.46. The van der Waals surface area contributed by atoms with Gasteiger partial charge in [-0.05, 0) is 35.9 Å². The summed E-state index contributed by atoms with van der Waals surface area (Å²) in [4.78, 5) is 26.3. The summed E-state index contributed by atoms with van der Waals surface area (Å²) in [6, 6.07) is 5.97. The Hall–Kier alpha value is -3.96. The molecular formula is C21H18F5N3O4. The molecule has 0 unspecified atom stereocenters. The molecule has 0 spiro atoms. The van der Waals surface area contributed by atoms with Crippen molar-refractivity contribution in [3.63, 3.8) is 0 Å². The number of ether oxygens (including phenoxy) is 2. The molecule has 33 heavy (non-hydrogen) atoms. The summed E-state index contributed by atoms with van der Waals surface area (Å²) in [5, 5.41) is 2.54. The number of aliphatic imine (C=N–C) groups is 1. The van der Waals surface area contributed by atoms with Crippen LogP contribution in [0.5, 0.6) is 5.75 Å². The molecule has 12 heteroatoms. The predicted octanol–water partition coefficient (Wildman–Crippen LogP) is 3.34. The van der Waals surface area contributed by atoms with Gasteiger partial charge in [0.25, 0.3) is 5.91 Å². The van der Waals surface area contributed by atoms with E-state index in [4.69, 9.17) is 10.5 Å². The standard InChI is InChI=1S/C21H18F5N3O4/c1-32-18(30)11-33-13-6-5-12(14(9-13)21(24,25)26)10-28-8-7-17(27)29-20(31)19-15(22)3-2-4-16(19)23/h2-9,28H,10-11H2,1H3,(H2,27,29,31)/b8-7-. The van der Waals surface area contributed by atoms with Crippen LogP contribution in [0.3, 0.4) is 0 Å². The fraction of sp³-hybridized carbons (Fsp3) is 0.190. The molecule has 0 saturated heterocycles. The lowest BCUT2D eigenvalue weighted by molar-refractivity contribution is -0.142. The molecule has 0 aliphatic rings. The number of hydrogen-bond donors (Lipinski definition) is 2. The number of methoxy groups -OCH3 is 1. The van der Waals surface area contributed by atoms with E-state index in [1.54, 1.807) is 0 Å². The molecule has 0 saturated carbocycles. The van der Waals surface area contributed by atoms with Gasteiger partial charge in [0.15, 0.2) is 6.61 Å². The van der Waals surface area contributed by atoms with E-state index in [0.717, 1.165) is 49.7 Å². The summed E-state index contributed by atoms with van der Waals surface area (Å²) >= 11 is 0. The molecule has 2 aromatic carbocycles. The van der Waals surface area contributed by atoms with Gasteiger partial charge in [0.2, 0.25) is 0 Å². The summed E-state index contributed by atoms with van der Waals surface area (Å²) in [6.07, 6.45) is -2.55. The van der Waals surface area contributed by atoms with Crippen LogP contribution in [-0.2, 0) is 22.3 Å². The minimum atomic E-state index is -4.71. The van der Waals surface area contributed by atoms with Crippen molar-refractivity contribution >= 4 is 17.7 Å². The first kappa shape index (κ1) is 25.3. The van der Waals surface area contributed by atoms with Gasteiger partial charge in [-0.25, -0.2) is 13.6 Å². The van der Waals surface area contributed by atoms with Gasteiger partial charge in [-0.3, -0.25) is 4.79 Å². The fourth-order valence-electron chi connectivity index (χ4n) is 2.49. The number of carbonyl (C=O) groups is 2. The van der Waals surface area contributed by atoms with Gasteiger partial charge in [0, 0.05) is 12.7 Å². The average molecular weight is 471 g/mol. The molecule has 0 aliphatic heterocycles. The lowest BCUT2D eigenvalue weighted by Crippen LogP contribution is -2.17. The maximum atomic E-state index is 13.6. The van der Waals surface area contributed by atoms with Crippen molar-refractivity contribution in [3.8, 4) is 5.75 Å². The van der Waals surface area contributed by atoms with E-state index >= 15 is 0 Å². The summed E-state index contributed by atoms with van der Waals surface area (Å²) in [7, 11) is 1.11. The highest BCUT2D eigenvalue weighted by molar-refractivity contribution is 6.06. The molecule has 0 heterocycles. The van der Waals surface area contributed by atoms with Crippen LogP contribution in [0.2, 0.25) is 0 Å². The molecule has 0 fully saturated rings. The van der Waals surface area contributed by atoms with Gasteiger partial charge in [-0.2, -0.15) is 18.2 Å². The first-order valence-electron chi connectivity index (χ1n) is 9.15. The van der Waals surface area contributed by atoms with Gasteiger partial charge in [-0.15, -0.1) is 0 Å². The van der Waals surface area contributed by atoms with Crippen molar-refractivity contribution in [3.05, 3.63) is 77.0 Å². The predicted molar refractivity (Wildman–Crippen MR) is 107 cm³/mol. The smallest absolute Gasteiger partial charge is 0.416 e. The number of benzene rings is 2. The molecule has 2 aromatic rings. The van der Waals surface area contributed by atoms with Gasteiger partial charge in [-0.1, -0.05) is 12.1 Å². The van der Waals surface area contributed by atoms with E-state index < -0.39 is 53.3 Å². The van der Waals surface area contributed by atoms with Crippen molar-refractivity contribution in [2.75, 3.05) is 13.7 Å². The highest BCUT2D eigenvalue weighted by atomic mass is 19.4. The minimum Gasteiger partial charge on any atom is -0.482 e. The number of esters is 1. The van der Waals surface area contributed by atoms with Gasteiger partial charge in [0.1, 0.15) is 28.8 Å². The zero-order valence-corrected chi connectivity index (χ0v) is 17.1. The monoisotopic (exact) mass is 471 g/mol. The second-order valence-corrected chi connectivity index (χ2v) is 6.33. The lowest BCUT2D eigenvalue weighted by Gasteiger charge is -2.15. The van der Waals surface area contributed by atoms with Gasteiger partial charge in [0.05, 0.1) is 12.7 Å². The summed E-state index contributed by atoms with van der Waals surface area (Å²) < 4.78 is 76.6. The van der Waals surface area contributed by atoms with E-state index in [2.05, 4.69) is 15.0 Å². The van der Waals surface area contributed by atoms with E-state index in [1.807, 2.05) is 0 Å². The number of amidine groups is 1. The van der Waals surface area contributed by atoms with E-state index in [-0.39, 0.29) is 17.9 Å². The van der Waals surface area contributed by atoms with Crippen LogP contribution in [0, 0.1) is 11.6 Å². The number of nitrogens with zero attached hydrogens (tertiary/aromatic N) is 1. The SMILES string of the molecule is COC(=O)COc1ccc(CN/C=C\C(N)=NC(=O)c2c(F)cccc2F)c(C(F)(F)F)c1. The highest BCUT2D eigenvalue weighted by Crippen LogP contribution is 2.34. The van der Waals surface area contributed by atoms with E-state index in [9.17, 15) is 31.5 Å². The molecule has 0 bridgehead atoms. The Morgan fingerprint density at radius 1 is 1.15 bits per heavy atom. The number of nitrogens with one attached hydrogen (secondary N) is 1. The maximum Gasteiger partial charge on any atom is 0.416 e. The Morgan fingerprint density at radius 3 is 2.42 bits per heavy atom. The molecule has 0 aromatic heterocycles. The number of amides is 1. The number of hydrogen-bond acceptors (Lipinski definition) is 5. The average Bonchev–Trinajstić information content (AvgIpc) is 2.74. The van der Waals surface area contributed by atoms with Gasteiger partial charge < -0.3 is 20.5 Å². The summed E-state index contributed by atoms with van der Waals surface area (Å²) in [5.74, 6) is -4.85. The molecule has 0 radical (unpaired) electrons. The summed E-state index contributed by atoms with van der Waals surface area (Å²) in [6.45, 7) is -0.853. The first-order chi connectivity index (χ1) is 15.5. The van der Waals surface area contributed by atoms with E-state index in [0.29, 0.717) is 0 Å². The maximum absolute atomic E-state index is 13.6. The van der Waals surface area contributed by atoms with Crippen LogP contribution in [0.15, 0.2) is 53.7 Å². The number of carbonyl (C=O) groups excluding carboxylic acids is 2. The largest absolute Gasteiger partial charge is 0.482 e. The van der Waals surface area contributed by atoms with Crippen molar-refractivity contribution in [1.82, 2.24) is 5.32 Å². The van der Waals surface area contributed by atoms with Crippen LogP contribution in [0.4, 0.5) is 22.0 Å². The third kappa shape index (κ3) is 7.30. The number of rotatable bonds is 8. The van der Waals surface area contributed by atoms with Crippen molar-refractivity contribution in [1.29, 1.82) is 0 Å². The van der Waals surface area contributed by atoms with Crippen molar-refractivity contribution in [2.24, 2.45) is 10.7 Å². The van der Waals surface area contributed by atoms with Crippen LogP contribution < -0.4 is 15.8 Å². The Morgan fingerprint density at radius 2 is 1.82 bits per heavy atom. The molecule has 0 aliphatic carbocycles. The number of nitrogens with two attached hydrogens (primary N) is 1. The van der Waals surface area contributed by atoms with Crippen LogP contribution in [0.25, 0.3) is 0 Å². The lowest BCUT2D eigenvalue weighted by atomic mass is 10.1. The fourth-order valence-corrected chi connectivity index (χ4v) is 2.49. The quantitative estimate of drug-likeness (QED) is 0.265. The molecule has 7 nitrogen and oxygen atoms in total. The number of alkyl halides is 3. The third-order valence-electron chi connectivity index (χ3n) is 4.04. The second-order valence-electron chi connectivity index (χ2n) is 6.33. The Kier molecular flexibility index (Phi) is 8.49. The third-order valence-corrected chi connectivity index (χ3v) is 4.04. The normalized spacial score (nSPS) is 12.0. The van der Waals surface area contributed by atoms with Crippen LogP contribution >= 0.6 is 0 Å². The molecule has 176 valence electrons. The van der Waals surface area contributed by atoms with Gasteiger partial charge >= 0.3 is 12.1 Å². The molecule has 2 rings (SSSR count). The Bertz CT molecular complexity index is 1060. The zero-order valence-electron chi connectivity index (χ0n) is 17.1. The Balaban J connectivity index is 2.07. The van der Waals surface area contributed by atoms with Crippen LogP contribution in [-0.4, -0.2) is 31.4 Å². The minimum absolute atomic E-state index is 0.155. The Labute approximate surface area is 184 Å². The zero-order chi connectivity index (χ0) is 24.6. The van der Waals surface area contributed by atoms with Crippen molar-refractivity contribution < 1.29 is 41.0 Å². The molecular weight excluding hydrogens is 453 g/mol. The van der Waals surface area contributed by atoms with Crippen molar-refractivity contribution in [2.45, 2.75) is 12.7 Å². The second kappa shape index (κ2) is 11.1. The van der Waals surface area contributed by atoms with Crippen LogP contribution in [0.1, 0.15) is 21.5 Å². The van der Waals surface area contributed by atoms with E-state index in [1.165, 1.54) is 6.07 Å². The number of halogens is 5. The molecule has 0 atom stereocenters. The molecule has 3 N–H and O–H groups in total. The molecule has 1 amide bonds. The topological polar surface area (TPSA) is 103 Å². The highest BCUT2D eigenvalue weighted by Gasteiger charge is 2.33.